The molecule has 1 N–H and O–H groups in total. The molecule has 3 heteroatoms. The number of ether oxygens (including phenoxy) is 1. The Hall–Kier alpha value is -0.830. The zero-order valence-electron chi connectivity index (χ0n) is 10.5. The molecule has 1 aromatic rings. The quantitative estimate of drug-likeness (QED) is 0.753. The summed E-state index contributed by atoms with van der Waals surface area (Å²) in [5.41, 5.74) is 2.52. The van der Waals surface area contributed by atoms with E-state index in [2.05, 4.69) is 18.3 Å². The van der Waals surface area contributed by atoms with Crippen LogP contribution in [0.25, 0.3) is 5.57 Å². The lowest BCUT2D eigenvalue weighted by molar-refractivity contribution is 0.199. The van der Waals surface area contributed by atoms with Gasteiger partial charge in [-0.1, -0.05) is 29.8 Å². The van der Waals surface area contributed by atoms with Crippen LogP contribution in [0.15, 0.2) is 30.3 Å². The van der Waals surface area contributed by atoms with Gasteiger partial charge in [0.1, 0.15) is 0 Å². The third-order valence-corrected chi connectivity index (χ3v) is 2.81. The lowest BCUT2D eigenvalue weighted by atomic mass is 10.1. The van der Waals surface area contributed by atoms with Crippen molar-refractivity contribution in [2.75, 3.05) is 26.8 Å². The first-order valence-corrected chi connectivity index (χ1v) is 6.24. The standard InChI is InChI=1S/C14H20ClNO/c1-12(4-3-9-16-10-11-17-2)13-5-7-14(15)8-6-13/h4-8,16H,3,9-11H2,1-2H3. The second-order valence-corrected chi connectivity index (χ2v) is 4.36. The van der Waals surface area contributed by atoms with Crippen LogP contribution in [0.3, 0.4) is 0 Å². The zero-order valence-corrected chi connectivity index (χ0v) is 11.3. The minimum atomic E-state index is 0.764. The van der Waals surface area contributed by atoms with Crippen molar-refractivity contribution in [2.45, 2.75) is 13.3 Å². The minimum absolute atomic E-state index is 0.764. The summed E-state index contributed by atoms with van der Waals surface area (Å²) in [7, 11) is 1.71. The molecule has 0 bridgehead atoms. The number of nitrogens with one attached hydrogen (secondary N) is 1. The second kappa shape index (κ2) is 8.29. The lowest BCUT2D eigenvalue weighted by Gasteiger charge is -2.04. The summed E-state index contributed by atoms with van der Waals surface area (Å²) in [6, 6.07) is 7.94. The van der Waals surface area contributed by atoms with Crippen LogP contribution in [0.4, 0.5) is 0 Å². The van der Waals surface area contributed by atoms with Crippen molar-refractivity contribution in [3.05, 3.63) is 40.9 Å². The van der Waals surface area contributed by atoms with Crippen LogP contribution in [0.1, 0.15) is 18.9 Å². The zero-order chi connectivity index (χ0) is 12.5. The van der Waals surface area contributed by atoms with Crippen molar-refractivity contribution in [1.82, 2.24) is 5.32 Å². The topological polar surface area (TPSA) is 21.3 Å². The Bertz CT molecular complexity index is 346. The predicted octanol–water partition coefficient (Wildman–Crippen LogP) is 3.37. The number of methoxy groups -OCH3 is 1. The van der Waals surface area contributed by atoms with Crippen LogP contribution in [-0.2, 0) is 4.74 Å². The van der Waals surface area contributed by atoms with Crippen molar-refractivity contribution in [1.29, 1.82) is 0 Å². The number of hydrogen-bond donors (Lipinski definition) is 1. The van der Waals surface area contributed by atoms with E-state index in [0.717, 1.165) is 31.1 Å². The Balaban J connectivity index is 2.31. The number of allylic oxidation sites excluding steroid dienone is 1. The Morgan fingerprint density at radius 2 is 2.00 bits per heavy atom. The molecular weight excluding hydrogens is 234 g/mol. The maximum Gasteiger partial charge on any atom is 0.0587 e. The first-order chi connectivity index (χ1) is 8.24. The molecule has 0 amide bonds. The SMILES string of the molecule is COCCNCCC=C(C)c1ccc(Cl)cc1. The Kier molecular flexibility index (Phi) is 6.94. The molecule has 0 radical (unpaired) electrons. The molecule has 0 unspecified atom stereocenters. The lowest BCUT2D eigenvalue weighted by Crippen LogP contribution is -2.19. The van der Waals surface area contributed by atoms with Gasteiger partial charge in [0.2, 0.25) is 0 Å². The molecule has 0 spiro atoms. The van der Waals surface area contributed by atoms with Crippen molar-refractivity contribution >= 4 is 17.2 Å². The van der Waals surface area contributed by atoms with Crippen LogP contribution in [0.2, 0.25) is 5.02 Å². The third kappa shape index (κ3) is 5.87. The van der Waals surface area contributed by atoms with Crippen molar-refractivity contribution in [2.24, 2.45) is 0 Å². The molecule has 17 heavy (non-hydrogen) atoms. The predicted molar refractivity (Wildman–Crippen MR) is 74.5 cm³/mol. The van der Waals surface area contributed by atoms with E-state index < -0.39 is 0 Å². The summed E-state index contributed by atoms with van der Waals surface area (Å²) < 4.78 is 4.96. The Morgan fingerprint density at radius 1 is 1.29 bits per heavy atom. The first kappa shape index (κ1) is 14.2. The molecule has 0 heterocycles. The van der Waals surface area contributed by atoms with Gasteiger partial charge in [-0.15, -0.1) is 0 Å². The molecule has 2 nitrogen and oxygen atoms in total. The fraction of sp³-hybridized carbons (Fsp3) is 0.429. The summed E-state index contributed by atoms with van der Waals surface area (Å²) in [4.78, 5) is 0. The van der Waals surface area contributed by atoms with Gasteiger partial charge in [0.05, 0.1) is 6.61 Å². The maximum absolute atomic E-state index is 5.85. The highest BCUT2D eigenvalue weighted by atomic mass is 35.5. The molecule has 1 rings (SSSR count). The Morgan fingerprint density at radius 3 is 2.65 bits per heavy atom. The highest BCUT2D eigenvalue weighted by molar-refractivity contribution is 6.30. The molecule has 0 aliphatic rings. The third-order valence-electron chi connectivity index (χ3n) is 2.55. The highest BCUT2D eigenvalue weighted by Crippen LogP contribution is 2.17. The minimum Gasteiger partial charge on any atom is -0.383 e. The van der Waals surface area contributed by atoms with E-state index in [4.69, 9.17) is 16.3 Å². The molecule has 0 aliphatic carbocycles. The average molecular weight is 254 g/mol. The van der Waals surface area contributed by atoms with E-state index in [1.54, 1.807) is 7.11 Å². The van der Waals surface area contributed by atoms with Gasteiger partial charge >= 0.3 is 0 Å². The molecule has 0 aromatic heterocycles. The molecular formula is C14H20ClNO. The van der Waals surface area contributed by atoms with Crippen molar-refractivity contribution in [3.8, 4) is 0 Å². The van der Waals surface area contributed by atoms with Gasteiger partial charge in [0, 0.05) is 18.7 Å². The molecule has 0 fully saturated rings. The summed E-state index contributed by atoms with van der Waals surface area (Å²) in [6.07, 6.45) is 3.27. The molecule has 0 saturated heterocycles. The van der Waals surface area contributed by atoms with Crippen LogP contribution < -0.4 is 5.32 Å². The summed E-state index contributed by atoms with van der Waals surface area (Å²) >= 11 is 5.85. The maximum atomic E-state index is 5.85. The van der Waals surface area contributed by atoms with Gasteiger partial charge < -0.3 is 10.1 Å². The van der Waals surface area contributed by atoms with E-state index >= 15 is 0 Å². The van der Waals surface area contributed by atoms with Gasteiger partial charge in [0.25, 0.3) is 0 Å². The van der Waals surface area contributed by atoms with Gasteiger partial charge in [-0.25, -0.2) is 0 Å². The summed E-state index contributed by atoms with van der Waals surface area (Å²) in [5.74, 6) is 0. The number of rotatable bonds is 7. The first-order valence-electron chi connectivity index (χ1n) is 5.86. The monoisotopic (exact) mass is 253 g/mol. The molecule has 0 atom stereocenters. The number of halogens is 1. The largest absolute Gasteiger partial charge is 0.383 e. The van der Waals surface area contributed by atoms with E-state index in [-0.39, 0.29) is 0 Å². The second-order valence-electron chi connectivity index (χ2n) is 3.93. The summed E-state index contributed by atoms with van der Waals surface area (Å²) in [5, 5.41) is 4.09. The number of benzene rings is 1. The fourth-order valence-electron chi connectivity index (χ4n) is 1.52. The smallest absolute Gasteiger partial charge is 0.0587 e. The number of hydrogen-bond acceptors (Lipinski definition) is 2. The Labute approximate surface area is 109 Å². The normalized spacial score (nSPS) is 11.8. The van der Waals surface area contributed by atoms with Crippen LogP contribution in [0, 0.1) is 0 Å². The average Bonchev–Trinajstić information content (AvgIpc) is 2.34. The van der Waals surface area contributed by atoms with E-state index in [1.165, 1.54) is 11.1 Å². The van der Waals surface area contributed by atoms with Gasteiger partial charge in [-0.2, -0.15) is 0 Å². The van der Waals surface area contributed by atoms with Crippen molar-refractivity contribution in [3.63, 3.8) is 0 Å². The highest BCUT2D eigenvalue weighted by Gasteiger charge is 1.95. The van der Waals surface area contributed by atoms with E-state index in [0.29, 0.717) is 0 Å². The van der Waals surface area contributed by atoms with Crippen LogP contribution in [-0.4, -0.2) is 26.8 Å². The molecule has 0 saturated carbocycles. The summed E-state index contributed by atoms with van der Waals surface area (Å²) in [6.45, 7) is 4.77. The molecule has 0 aliphatic heterocycles. The molecule has 94 valence electrons. The van der Waals surface area contributed by atoms with E-state index in [1.807, 2.05) is 24.3 Å². The van der Waals surface area contributed by atoms with E-state index in [9.17, 15) is 0 Å². The fourth-order valence-corrected chi connectivity index (χ4v) is 1.65. The van der Waals surface area contributed by atoms with Crippen molar-refractivity contribution < 1.29 is 4.74 Å². The van der Waals surface area contributed by atoms with Gasteiger partial charge in [-0.05, 0) is 43.2 Å². The van der Waals surface area contributed by atoms with Gasteiger partial charge in [0.15, 0.2) is 0 Å². The van der Waals surface area contributed by atoms with Gasteiger partial charge in [-0.3, -0.25) is 0 Å². The van der Waals surface area contributed by atoms with Crippen LogP contribution in [0.5, 0.6) is 0 Å². The van der Waals surface area contributed by atoms with Crippen LogP contribution >= 0.6 is 11.6 Å². The molecule has 1 aromatic carbocycles.